The van der Waals surface area contributed by atoms with Crippen molar-refractivity contribution in [3.05, 3.63) is 15.8 Å². The summed E-state index contributed by atoms with van der Waals surface area (Å²) >= 11 is 0. The molecule has 0 bridgehead atoms. The molecule has 0 aliphatic rings. The highest BCUT2D eigenvalue weighted by Gasteiger charge is 2.23. The first kappa shape index (κ1) is 14.4. The topological polar surface area (TPSA) is 119 Å². The summed E-state index contributed by atoms with van der Waals surface area (Å²) in [7, 11) is -1.68. The molecule has 0 unspecified atom stereocenters. The molecule has 9 nitrogen and oxygen atoms in total. The van der Waals surface area contributed by atoms with Crippen LogP contribution in [-0.2, 0) is 17.1 Å². The molecule has 2 N–H and O–H groups in total. The fourth-order valence-electron chi connectivity index (χ4n) is 1.48. The smallest absolute Gasteiger partial charge is 0.333 e. The van der Waals surface area contributed by atoms with Gasteiger partial charge < -0.3 is 5.32 Å². The fraction of sp³-hybridized carbons (Fsp3) is 0.625. The molecule has 0 aromatic carbocycles. The van der Waals surface area contributed by atoms with Crippen LogP contribution < -0.4 is 10.0 Å². The van der Waals surface area contributed by atoms with Gasteiger partial charge in [0.15, 0.2) is 0 Å². The van der Waals surface area contributed by atoms with E-state index in [1.165, 1.54) is 11.6 Å². The van der Waals surface area contributed by atoms with Gasteiger partial charge in [-0.1, -0.05) is 0 Å². The lowest BCUT2D eigenvalue weighted by Gasteiger charge is -2.06. The van der Waals surface area contributed by atoms with E-state index < -0.39 is 14.9 Å². The van der Waals surface area contributed by atoms with Crippen molar-refractivity contribution in [2.45, 2.75) is 6.92 Å². The number of aromatic nitrogens is 2. The summed E-state index contributed by atoms with van der Waals surface area (Å²) < 4.78 is 25.3. The van der Waals surface area contributed by atoms with E-state index in [9.17, 15) is 18.5 Å². The molecule has 0 saturated heterocycles. The quantitative estimate of drug-likeness (QED) is 0.415. The SMILES string of the molecule is Cc1nn(C)c(NCCNS(C)(=O)=O)c1[N+](=O)[O-]. The molecule has 1 aromatic rings. The Morgan fingerprint density at radius 1 is 1.44 bits per heavy atom. The molecule has 102 valence electrons. The number of nitrogens with zero attached hydrogens (tertiary/aromatic N) is 3. The predicted octanol–water partition coefficient (Wildman–Crippen LogP) is -0.402. The molecule has 0 radical (unpaired) electrons. The summed E-state index contributed by atoms with van der Waals surface area (Å²) in [4.78, 5) is 10.3. The molecule has 1 aromatic heterocycles. The molecule has 0 atom stereocenters. The van der Waals surface area contributed by atoms with Gasteiger partial charge >= 0.3 is 5.69 Å². The Balaban J connectivity index is 2.70. The van der Waals surface area contributed by atoms with Crippen LogP contribution in [-0.4, -0.2) is 42.5 Å². The second-order valence-corrected chi connectivity index (χ2v) is 5.59. The molecule has 10 heteroatoms. The maximum absolute atomic E-state index is 10.8. The second kappa shape index (κ2) is 5.31. The molecule has 18 heavy (non-hydrogen) atoms. The maximum Gasteiger partial charge on any atom is 0.333 e. The molecular weight excluding hydrogens is 262 g/mol. The first-order chi connectivity index (χ1) is 8.22. The molecule has 0 fully saturated rings. The van der Waals surface area contributed by atoms with Crippen LogP contribution in [0.2, 0.25) is 0 Å². The van der Waals surface area contributed by atoms with Crippen LogP contribution in [0.25, 0.3) is 0 Å². The summed E-state index contributed by atoms with van der Waals surface area (Å²) in [5.41, 5.74) is 0.206. The molecule has 0 aliphatic heterocycles. The first-order valence-corrected chi connectivity index (χ1v) is 6.98. The van der Waals surface area contributed by atoms with Crippen LogP contribution in [0.4, 0.5) is 11.5 Å². The summed E-state index contributed by atoms with van der Waals surface area (Å²) in [5.74, 6) is 0.257. The monoisotopic (exact) mass is 277 g/mol. The zero-order chi connectivity index (χ0) is 13.9. The van der Waals surface area contributed by atoms with Gasteiger partial charge in [0, 0.05) is 20.1 Å². The Labute approximate surface area is 104 Å². The Morgan fingerprint density at radius 3 is 2.56 bits per heavy atom. The number of nitrogens with one attached hydrogen (secondary N) is 2. The van der Waals surface area contributed by atoms with E-state index in [2.05, 4.69) is 15.1 Å². The van der Waals surface area contributed by atoms with Crippen LogP contribution in [0.15, 0.2) is 0 Å². The van der Waals surface area contributed by atoms with Crippen LogP contribution in [0, 0.1) is 17.0 Å². The standard InChI is InChI=1S/C8H15N5O4S/c1-6-7(13(14)15)8(12(2)11-6)9-4-5-10-18(3,16)17/h9-10H,4-5H2,1-3H3. The average molecular weight is 277 g/mol. The Morgan fingerprint density at radius 2 is 2.06 bits per heavy atom. The molecule has 0 saturated carbocycles. The number of nitro groups is 1. The second-order valence-electron chi connectivity index (χ2n) is 3.76. The van der Waals surface area contributed by atoms with Crippen molar-refractivity contribution in [2.24, 2.45) is 7.05 Å². The number of sulfonamides is 1. The van der Waals surface area contributed by atoms with Gasteiger partial charge in [0.1, 0.15) is 5.69 Å². The summed E-state index contributed by atoms with van der Waals surface area (Å²) in [6.07, 6.45) is 1.05. The zero-order valence-corrected chi connectivity index (χ0v) is 11.1. The third-order valence-corrected chi connectivity index (χ3v) is 2.88. The maximum atomic E-state index is 10.8. The lowest BCUT2D eigenvalue weighted by Crippen LogP contribution is -2.28. The minimum absolute atomic E-state index is 0.100. The van der Waals surface area contributed by atoms with Gasteiger partial charge in [0.05, 0.1) is 11.2 Å². The Hall–Kier alpha value is -1.68. The normalized spacial score (nSPS) is 11.5. The molecule has 0 aliphatic carbocycles. The number of rotatable bonds is 6. The molecule has 1 heterocycles. The van der Waals surface area contributed by atoms with Crippen molar-refractivity contribution in [3.63, 3.8) is 0 Å². The van der Waals surface area contributed by atoms with Crippen LogP contribution in [0.3, 0.4) is 0 Å². The minimum Gasteiger partial charge on any atom is -0.363 e. The largest absolute Gasteiger partial charge is 0.363 e. The first-order valence-electron chi connectivity index (χ1n) is 5.09. The fourth-order valence-corrected chi connectivity index (χ4v) is 1.95. The van der Waals surface area contributed by atoms with Gasteiger partial charge in [-0.05, 0) is 6.92 Å². The van der Waals surface area contributed by atoms with Crippen molar-refractivity contribution in [1.29, 1.82) is 0 Å². The van der Waals surface area contributed by atoms with Crippen molar-refractivity contribution in [1.82, 2.24) is 14.5 Å². The van der Waals surface area contributed by atoms with Crippen LogP contribution >= 0.6 is 0 Å². The molecular formula is C8H15N5O4S. The van der Waals surface area contributed by atoms with Crippen molar-refractivity contribution >= 4 is 21.5 Å². The number of hydrogen-bond acceptors (Lipinski definition) is 6. The minimum atomic E-state index is -3.26. The van der Waals surface area contributed by atoms with Crippen molar-refractivity contribution in [2.75, 3.05) is 24.7 Å². The van der Waals surface area contributed by atoms with E-state index >= 15 is 0 Å². The number of hydrogen-bond donors (Lipinski definition) is 2. The van der Waals surface area contributed by atoms with E-state index in [4.69, 9.17) is 0 Å². The van der Waals surface area contributed by atoms with Gasteiger partial charge in [0.2, 0.25) is 15.8 Å². The summed E-state index contributed by atoms with van der Waals surface area (Å²) in [6, 6.07) is 0. The Kier molecular flexibility index (Phi) is 4.24. The summed E-state index contributed by atoms with van der Waals surface area (Å²) in [5, 5.41) is 17.6. The zero-order valence-electron chi connectivity index (χ0n) is 10.3. The Bertz CT molecular complexity index is 550. The molecule has 0 amide bonds. The van der Waals surface area contributed by atoms with Crippen molar-refractivity contribution in [3.8, 4) is 0 Å². The van der Waals surface area contributed by atoms with Crippen LogP contribution in [0.1, 0.15) is 5.69 Å². The third kappa shape index (κ3) is 3.67. The lowest BCUT2D eigenvalue weighted by molar-refractivity contribution is -0.384. The number of anilines is 1. The highest BCUT2D eigenvalue weighted by atomic mass is 32.2. The highest BCUT2D eigenvalue weighted by molar-refractivity contribution is 7.88. The predicted molar refractivity (Wildman–Crippen MR) is 65.9 cm³/mol. The van der Waals surface area contributed by atoms with E-state index in [0.717, 1.165) is 6.26 Å². The van der Waals surface area contributed by atoms with Gasteiger partial charge in [-0.25, -0.2) is 17.8 Å². The third-order valence-electron chi connectivity index (χ3n) is 2.15. The number of aryl methyl sites for hydroxylation is 2. The molecule has 0 spiro atoms. The van der Waals surface area contributed by atoms with Gasteiger partial charge in [-0.15, -0.1) is 0 Å². The average Bonchev–Trinajstić information content (AvgIpc) is 2.46. The van der Waals surface area contributed by atoms with E-state index in [1.807, 2.05) is 0 Å². The lowest BCUT2D eigenvalue weighted by atomic mass is 10.4. The summed E-state index contributed by atoms with van der Waals surface area (Å²) in [6.45, 7) is 1.91. The van der Waals surface area contributed by atoms with Crippen LogP contribution in [0.5, 0.6) is 0 Å². The van der Waals surface area contributed by atoms with Crippen molar-refractivity contribution < 1.29 is 13.3 Å². The van der Waals surface area contributed by atoms with Gasteiger partial charge in [-0.2, -0.15) is 5.10 Å². The molecule has 1 rings (SSSR count). The van der Waals surface area contributed by atoms with E-state index in [0.29, 0.717) is 5.69 Å². The van der Waals surface area contributed by atoms with Gasteiger partial charge in [0.25, 0.3) is 0 Å². The highest BCUT2D eigenvalue weighted by Crippen LogP contribution is 2.26. The van der Waals surface area contributed by atoms with E-state index in [1.54, 1.807) is 7.05 Å². The van der Waals surface area contributed by atoms with Gasteiger partial charge in [-0.3, -0.25) is 10.1 Å². The van der Waals surface area contributed by atoms with E-state index in [-0.39, 0.29) is 24.6 Å².